The lowest BCUT2D eigenvalue weighted by atomic mass is 10.1. The molecule has 1 heterocycles. The number of carbonyl (C=O) groups excluding carboxylic acids is 3. The minimum Gasteiger partial charge on any atom is -0.465 e. The Morgan fingerprint density at radius 1 is 1.00 bits per heavy atom. The standard InChI is InChI=1S/C18H17N3O4/c1-25-18(24)11-2-4-14(5-3-11)20-16(22)12-8-13(10-19-9-12)17(23)21-15-6-7-15/h2-5,8-10,15H,6-7H2,1H3,(H,20,22)(H,21,23). The van der Waals surface area contributed by atoms with Gasteiger partial charge in [0.2, 0.25) is 0 Å². The highest BCUT2D eigenvalue weighted by atomic mass is 16.5. The summed E-state index contributed by atoms with van der Waals surface area (Å²) in [5.41, 5.74) is 1.53. The Hall–Kier alpha value is -3.22. The van der Waals surface area contributed by atoms with Gasteiger partial charge in [0.05, 0.1) is 23.8 Å². The normalized spacial score (nSPS) is 13.0. The molecule has 2 amide bonds. The van der Waals surface area contributed by atoms with Gasteiger partial charge < -0.3 is 15.4 Å². The van der Waals surface area contributed by atoms with E-state index in [4.69, 9.17) is 0 Å². The molecule has 1 aliphatic rings. The lowest BCUT2D eigenvalue weighted by Crippen LogP contribution is -2.26. The summed E-state index contributed by atoms with van der Waals surface area (Å²) in [6.45, 7) is 0. The van der Waals surface area contributed by atoms with Crippen molar-refractivity contribution in [1.29, 1.82) is 0 Å². The summed E-state index contributed by atoms with van der Waals surface area (Å²) in [4.78, 5) is 39.7. The van der Waals surface area contributed by atoms with Crippen LogP contribution in [0.2, 0.25) is 0 Å². The molecule has 1 saturated carbocycles. The lowest BCUT2D eigenvalue weighted by molar-refractivity contribution is 0.0600. The number of hydrogen-bond acceptors (Lipinski definition) is 5. The van der Waals surface area contributed by atoms with E-state index < -0.39 is 5.97 Å². The van der Waals surface area contributed by atoms with E-state index in [9.17, 15) is 14.4 Å². The fourth-order valence-electron chi connectivity index (χ4n) is 2.20. The zero-order chi connectivity index (χ0) is 17.8. The van der Waals surface area contributed by atoms with Crippen LogP contribution in [0.3, 0.4) is 0 Å². The van der Waals surface area contributed by atoms with Gasteiger partial charge in [-0.2, -0.15) is 0 Å². The van der Waals surface area contributed by atoms with E-state index in [1.54, 1.807) is 24.3 Å². The van der Waals surface area contributed by atoms with Crippen LogP contribution in [0.4, 0.5) is 5.69 Å². The highest BCUT2D eigenvalue weighted by Gasteiger charge is 2.24. The lowest BCUT2D eigenvalue weighted by Gasteiger charge is -2.07. The van der Waals surface area contributed by atoms with Gasteiger partial charge in [-0.25, -0.2) is 4.79 Å². The number of esters is 1. The zero-order valence-electron chi connectivity index (χ0n) is 13.6. The second kappa shape index (κ2) is 7.12. The molecule has 128 valence electrons. The number of ether oxygens (including phenoxy) is 1. The van der Waals surface area contributed by atoms with Crippen molar-refractivity contribution in [3.05, 3.63) is 59.4 Å². The quantitative estimate of drug-likeness (QED) is 0.812. The van der Waals surface area contributed by atoms with Crippen molar-refractivity contribution in [1.82, 2.24) is 10.3 Å². The minimum atomic E-state index is -0.448. The summed E-state index contributed by atoms with van der Waals surface area (Å²) in [5, 5.41) is 5.55. The number of amides is 2. The van der Waals surface area contributed by atoms with Crippen molar-refractivity contribution in [3.8, 4) is 0 Å². The summed E-state index contributed by atoms with van der Waals surface area (Å²) in [6.07, 6.45) is 4.80. The van der Waals surface area contributed by atoms with Crippen molar-refractivity contribution >= 4 is 23.5 Å². The van der Waals surface area contributed by atoms with Crippen LogP contribution in [0.25, 0.3) is 0 Å². The van der Waals surface area contributed by atoms with Crippen molar-refractivity contribution in [3.63, 3.8) is 0 Å². The molecule has 1 aliphatic carbocycles. The second-order valence-corrected chi connectivity index (χ2v) is 5.73. The number of rotatable bonds is 5. The maximum atomic E-state index is 12.3. The van der Waals surface area contributed by atoms with Crippen molar-refractivity contribution < 1.29 is 19.1 Å². The number of carbonyl (C=O) groups is 3. The molecular formula is C18H17N3O4. The van der Waals surface area contributed by atoms with Crippen LogP contribution < -0.4 is 10.6 Å². The van der Waals surface area contributed by atoms with E-state index >= 15 is 0 Å². The number of benzene rings is 1. The SMILES string of the molecule is COC(=O)c1ccc(NC(=O)c2cncc(C(=O)NC3CC3)c2)cc1. The Kier molecular flexibility index (Phi) is 4.74. The Labute approximate surface area is 144 Å². The third kappa shape index (κ3) is 4.20. The molecule has 2 aromatic rings. The number of hydrogen-bond donors (Lipinski definition) is 2. The van der Waals surface area contributed by atoms with E-state index in [-0.39, 0.29) is 23.4 Å². The van der Waals surface area contributed by atoms with Gasteiger partial charge in [-0.15, -0.1) is 0 Å². The Morgan fingerprint density at radius 3 is 2.24 bits per heavy atom. The Balaban J connectivity index is 1.68. The van der Waals surface area contributed by atoms with Crippen LogP contribution in [-0.4, -0.2) is 35.9 Å². The molecule has 0 spiro atoms. The second-order valence-electron chi connectivity index (χ2n) is 5.73. The molecule has 1 fully saturated rings. The van der Waals surface area contributed by atoms with Crippen LogP contribution in [0, 0.1) is 0 Å². The third-order valence-electron chi connectivity index (χ3n) is 3.74. The van der Waals surface area contributed by atoms with Gasteiger partial charge in [0.15, 0.2) is 0 Å². The molecule has 1 aromatic carbocycles. The fraction of sp³-hybridized carbons (Fsp3) is 0.222. The first kappa shape index (κ1) is 16.6. The molecule has 0 radical (unpaired) electrons. The molecule has 0 saturated heterocycles. The molecule has 7 nitrogen and oxygen atoms in total. The highest BCUT2D eigenvalue weighted by molar-refractivity contribution is 6.06. The first-order chi connectivity index (χ1) is 12.1. The number of anilines is 1. The number of nitrogens with one attached hydrogen (secondary N) is 2. The molecule has 2 N–H and O–H groups in total. The molecule has 7 heteroatoms. The van der Waals surface area contributed by atoms with Crippen LogP contribution >= 0.6 is 0 Å². The van der Waals surface area contributed by atoms with Crippen LogP contribution in [0.1, 0.15) is 43.9 Å². The Morgan fingerprint density at radius 2 is 1.64 bits per heavy atom. The molecular weight excluding hydrogens is 322 g/mol. The van der Waals surface area contributed by atoms with Crippen molar-refractivity contribution in [2.24, 2.45) is 0 Å². The molecule has 3 rings (SSSR count). The van der Waals surface area contributed by atoms with Gasteiger partial charge in [-0.05, 0) is 43.2 Å². The van der Waals surface area contributed by atoms with Gasteiger partial charge in [-0.3, -0.25) is 14.6 Å². The Bertz CT molecular complexity index is 813. The molecule has 0 aliphatic heterocycles. The highest BCUT2D eigenvalue weighted by Crippen LogP contribution is 2.19. The van der Waals surface area contributed by atoms with E-state index in [1.165, 1.54) is 25.6 Å². The smallest absolute Gasteiger partial charge is 0.337 e. The van der Waals surface area contributed by atoms with E-state index in [0.29, 0.717) is 16.8 Å². The first-order valence-electron chi connectivity index (χ1n) is 7.82. The van der Waals surface area contributed by atoms with E-state index in [0.717, 1.165) is 12.8 Å². The summed E-state index contributed by atoms with van der Waals surface area (Å²) >= 11 is 0. The molecule has 25 heavy (non-hydrogen) atoms. The van der Waals surface area contributed by atoms with Gasteiger partial charge in [-0.1, -0.05) is 0 Å². The monoisotopic (exact) mass is 339 g/mol. The average Bonchev–Trinajstić information content (AvgIpc) is 3.45. The summed E-state index contributed by atoms with van der Waals surface area (Å²) in [5.74, 6) is -1.07. The molecule has 0 atom stereocenters. The maximum Gasteiger partial charge on any atom is 0.337 e. The predicted molar refractivity (Wildman–Crippen MR) is 90.5 cm³/mol. The molecule has 0 unspecified atom stereocenters. The third-order valence-corrected chi connectivity index (χ3v) is 3.74. The first-order valence-corrected chi connectivity index (χ1v) is 7.82. The number of pyridine rings is 1. The van der Waals surface area contributed by atoms with Crippen LogP contribution in [0.5, 0.6) is 0 Å². The minimum absolute atomic E-state index is 0.230. The summed E-state index contributed by atoms with van der Waals surface area (Å²) in [6, 6.07) is 8.04. The molecule has 1 aromatic heterocycles. The van der Waals surface area contributed by atoms with Crippen LogP contribution in [0.15, 0.2) is 42.7 Å². The summed E-state index contributed by atoms with van der Waals surface area (Å²) in [7, 11) is 1.30. The van der Waals surface area contributed by atoms with Crippen molar-refractivity contribution in [2.45, 2.75) is 18.9 Å². The number of nitrogens with zero attached hydrogens (tertiary/aromatic N) is 1. The number of aromatic nitrogens is 1. The van der Waals surface area contributed by atoms with Gasteiger partial charge >= 0.3 is 5.97 Å². The largest absolute Gasteiger partial charge is 0.465 e. The van der Waals surface area contributed by atoms with Gasteiger partial charge in [0, 0.05) is 24.1 Å². The number of methoxy groups -OCH3 is 1. The van der Waals surface area contributed by atoms with E-state index in [1.807, 2.05) is 0 Å². The van der Waals surface area contributed by atoms with Crippen molar-refractivity contribution in [2.75, 3.05) is 12.4 Å². The fourth-order valence-corrected chi connectivity index (χ4v) is 2.20. The topological polar surface area (TPSA) is 97.4 Å². The summed E-state index contributed by atoms with van der Waals surface area (Å²) < 4.78 is 4.62. The zero-order valence-corrected chi connectivity index (χ0v) is 13.6. The maximum absolute atomic E-state index is 12.3. The van der Waals surface area contributed by atoms with Crippen LogP contribution in [-0.2, 0) is 4.74 Å². The average molecular weight is 339 g/mol. The van der Waals surface area contributed by atoms with Gasteiger partial charge in [0.25, 0.3) is 11.8 Å². The van der Waals surface area contributed by atoms with Gasteiger partial charge in [0.1, 0.15) is 0 Å². The predicted octanol–water partition coefficient (Wildman–Crippen LogP) is 2.01. The molecule has 0 bridgehead atoms. The van der Waals surface area contributed by atoms with E-state index in [2.05, 4.69) is 20.4 Å².